The Kier molecular flexibility index (Phi) is 6.62. The molecule has 5 heteroatoms. The van der Waals surface area contributed by atoms with Gasteiger partial charge >= 0.3 is 0 Å². The van der Waals surface area contributed by atoms with E-state index in [9.17, 15) is 9.18 Å². The SMILES string of the molecule is O=C(/C=C/c1ccc(OCc2ccccc2)cc1)N1CCN(c2ccc(F)cc2)CC1. The van der Waals surface area contributed by atoms with Crippen LogP contribution in [0.4, 0.5) is 10.1 Å². The normalized spacial score (nSPS) is 14.1. The zero-order valence-electron chi connectivity index (χ0n) is 17.3. The lowest BCUT2D eigenvalue weighted by molar-refractivity contribution is -0.126. The Morgan fingerprint density at radius 3 is 2.23 bits per heavy atom. The van der Waals surface area contributed by atoms with E-state index in [1.807, 2.05) is 65.6 Å². The molecule has 0 spiro atoms. The van der Waals surface area contributed by atoms with Gasteiger partial charge in [0, 0.05) is 37.9 Å². The lowest BCUT2D eigenvalue weighted by atomic mass is 10.2. The average molecular weight is 416 g/mol. The second kappa shape index (κ2) is 9.94. The molecule has 4 nitrogen and oxygen atoms in total. The number of piperazine rings is 1. The highest BCUT2D eigenvalue weighted by Crippen LogP contribution is 2.18. The van der Waals surface area contributed by atoms with Gasteiger partial charge in [-0.3, -0.25) is 4.79 Å². The number of carbonyl (C=O) groups is 1. The number of amides is 1. The third kappa shape index (κ3) is 5.72. The molecule has 0 N–H and O–H groups in total. The summed E-state index contributed by atoms with van der Waals surface area (Å²) in [6.45, 7) is 3.29. The number of ether oxygens (including phenoxy) is 1. The smallest absolute Gasteiger partial charge is 0.246 e. The van der Waals surface area contributed by atoms with E-state index in [1.54, 1.807) is 18.2 Å². The van der Waals surface area contributed by atoms with Crippen LogP contribution < -0.4 is 9.64 Å². The third-order valence-corrected chi connectivity index (χ3v) is 5.33. The van der Waals surface area contributed by atoms with Crippen molar-refractivity contribution in [2.24, 2.45) is 0 Å². The van der Waals surface area contributed by atoms with Crippen LogP contribution in [0.1, 0.15) is 11.1 Å². The Bertz CT molecular complexity index is 1010. The van der Waals surface area contributed by atoms with E-state index in [0.717, 1.165) is 35.7 Å². The molecule has 31 heavy (non-hydrogen) atoms. The number of hydrogen-bond donors (Lipinski definition) is 0. The molecule has 1 aliphatic heterocycles. The Morgan fingerprint density at radius 2 is 1.55 bits per heavy atom. The van der Waals surface area contributed by atoms with Crippen LogP contribution in [-0.2, 0) is 11.4 Å². The van der Waals surface area contributed by atoms with E-state index in [2.05, 4.69) is 4.90 Å². The molecule has 0 aliphatic carbocycles. The summed E-state index contributed by atoms with van der Waals surface area (Å²) in [5, 5.41) is 0. The van der Waals surface area contributed by atoms with Crippen molar-refractivity contribution < 1.29 is 13.9 Å². The molecular formula is C26H25FN2O2. The van der Waals surface area contributed by atoms with Gasteiger partial charge in [-0.2, -0.15) is 0 Å². The van der Waals surface area contributed by atoms with Crippen LogP contribution in [0.5, 0.6) is 5.75 Å². The predicted molar refractivity (Wildman–Crippen MR) is 121 cm³/mol. The standard InChI is InChI=1S/C26H25FN2O2/c27-23-9-11-24(12-10-23)28-16-18-29(19-17-28)26(30)15-8-21-6-13-25(14-7-21)31-20-22-4-2-1-3-5-22/h1-15H,16-20H2/b15-8+. The molecule has 1 fully saturated rings. The fourth-order valence-corrected chi connectivity index (χ4v) is 3.53. The highest BCUT2D eigenvalue weighted by Gasteiger charge is 2.19. The maximum Gasteiger partial charge on any atom is 0.246 e. The Hall–Kier alpha value is -3.60. The Balaban J connectivity index is 1.25. The number of rotatable bonds is 6. The molecule has 1 saturated heterocycles. The molecule has 158 valence electrons. The van der Waals surface area contributed by atoms with Crippen molar-refractivity contribution in [3.8, 4) is 5.75 Å². The van der Waals surface area contributed by atoms with Gasteiger partial charge in [0.1, 0.15) is 18.2 Å². The lowest BCUT2D eigenvalue weighted by Crippen LogP contribution is -2.48. The van der Waals surface area contributed by atoms with Crippen molar-refractivity contribution in [3.05, 3.63) is 102 Å². The highest BCUT2D eigenvalue weighted by atomic mass is 19.1. The van der Waals surface area contributed by atoms with Crippen molar-refractivity contribution in [1.82, 2.24) is 4.90 Å². The molecule has 3 aromatic carbocycles. The second-order valence-corrected chi connectivity index (χ2v) is 7.47. The first-order chi connectivity index (χ1) is 15.2. The van der Waals surface area contributed by atoms with Crippen molar-refractivity contribution in [3.63, 3.8) is 0 Å². The summed E-state index contributed by atoms with van der Waals surface area (Å²) >= 11 is 0. The van der Waals surface area contributed by atoms with Gasteiger partial charge in [0.25, 0.3) is 0 Å². The molecule has 0 saturated carbocycles. The Morgan fingerprint density at radius 1 is 0.871 bits per heavy atom. The van der Waals surface area contributed by atoms with Crippen LogP contribution in [-0.4, -0.2) is 37.0 Å². The zero-order chi connectivity index (χ0) is 21.5. The van der Waals surface area contributed by atoms with Gasteiger partial charge < -0.3 is 14.5 Å². The molecule has 0 bridgehead atoms. The number of carbonyl (C=O) groups excluding carboxylic acids is 1. The van der Waals surface area contributed by atoms with Crippen molar-refractivity contribution in [2.45, 2.75) is 6.61 Å². The molecule has 4 rings (SSSR count). The molecule has 0 radical (unpaired) electrons. The molecule has 3 aromatic rings. The Labute approximate surface area is 182 Å². The first-order valence-corrected chi connectivity index (χ1v) is 10.4. The van der Waals surface area contributed by atoms with Gasteiger partial charge in [0.15, 0.2) is 0 Å². The van der Waals surface area contributed by atoms with Crippen LogP contribution in [0.25, 0.3) is 6.08 Å². The quantitative estimate of drug-likeness (QED) is 0.543. The summed E-state index contributed by atoms with van der Waals surface area (Å²) in [6.07, 6.45) is 3.45. The zero-order valence-corrected chi connectivity index (χ0v) is 17.3. The second-order valence-electron chi connectivity index (χ2n) is 7.47. The van der Waals surface area contributed by atoms with Crippen LogP contribution in [0.15, 0.2) is 84.9 Å². The average Bonchev–Trinajstić information content (AvgIpc) is 2.83. The summed E-state index contributed by atoms with van der Waals surface area (Å²) < 4.78 is 18.9. The van der Waals surface area contributed by atoms with E-state index in [-0.39, 0.29) is 11.7 Å². The van der Waals surface area contributed by atoms with Crippen LogP contribution >= 0.6 is 0 Å². The fraction of sp³-hybridized carbons (Fsp3) is 0.192. The summed E-state index contributed by atoms with van der Waals surface area (Å²) in [7, 11) is 0. The maximum absolute atomic E-state index is 13.1. The van der Waals surface area contributed by atoms with Gasteiger partial charge in [-0.25, -0.2) is 4.39 Å². The first kappa shape index (κ1) is 20.7. The molecule has 0 aromatic heterocycles. The number of anilines is 1. The third-order valence-electron chi connectivity index (χ3n) is 5.33. The van der Waals surface area contributed by atoms with E-state index in [0.29, 0.717) is 19.7 Å². The van der Waals surface area contributed by atoms with Gasteiger partial charge in [-0.15, -0.1) is 0 Å². The highest BCUT2D eigenvalue weighted by molar-refractivity contribution is 5.92. The topological polar surface area (TPSA) is 32.8 Å². The van der Waals surface area contributed by atoms with E-state index in [1.165, 1.54) is 12.1 Å². The first-order valence-electron chi connectivity index (χ1n) is 10.4. The fourth-order valence-electron chi connectivity index (χ4n) is 3.53. The van der Waals surface area contributed by atoms with Crippen molar-refractivity contribution in [1.29, 1.82) is 0 Å². The molecular weight excluding hydrogens is 391 g/mol. The van der Waals surface area contributed by atoms with E-state index in [4.69, 9.17) is 4.74 Å². The molecule has 1 heterocycles. The van der Waals surface area contributed by atoms with Gasteiger partial charge in [0.05, 0.1) is 0 Å². The maximum atomic E-state index is 13.1. The van der Waals surface area contributed by atoms with Gasteiger partial charge in [-0.1, -0.05) is 42.5 Å². The van der Waals surface area contributed by atoms with Crippen molar-refractivity contribution in [2.75, 3.05) is 31.1 Å². The molecule has 0 unspecified atom stereocenters. The van der Waals surface area contributed by atoms with E-state index < -0.39 is 0 Å². The minimum atomic E-state index is -0.238. The van der Waals surface area contributed by atoms with Crippen LogP contribution in [0.3, 0.4) is 0 Å². The molecule has 0 atom stereocenters. The monoisotopic (exact) mass is 416 g/mol. The number of halogens is 1. The largest absolute Gasteiger partial charge is 0.489 e. The number of benzene rings is 3. The number of hydrogen-bond acceptors (Lipinski definition) is 3. The van der Waals surface area contributed by atoms with Crippen molar-refractivity contribution >= 4 is 17.7 Å². The summed E-state index contributed by atoms with van der Waals surface area (Å²) in [6, 6.07) is 24.2. The van der Waals surface area contributed by atoms with Gasteiger partial charge in [0.2, 0.25) is 5.91 Å². The van der Waals surface area contributed by atoms with Crippen LogP contribution in [0.2, 0.25) is 0 Å². The summed E-state index contributed by atoms with van der Waals surface area (Å²) in [5.41, 5.74) is 3.06. The van der Waals surface area contributed by atoms with Crippen LogP contribution in [0, 0.1) is 5.82 Å². The summed E-state index contributed by atoms with van der Waals surface area (Å²) in [5.74, 6) is 0.561. The predicted octanol–water partition coefficient (Wildman–Crippen LogP) is 4.77. The molecule has 1 amide bonds. The lowest BCUT2D eigenvalue weighted by Gasteiger charge is -2.35. The minimum absolute atomic E-state index is 0.00293. The van der Waals surface area contributed by atoms with Gasteiger partial charge in [-0.05, 0) is 53.6 Å². The van der Waals surface area contributed by atoms with E-state index >= 15 is 0 Å². The number of nitrogens with zero attached hydrogens (tertiary/aromatic N) is 2. The molecule has 1 aliphatic rings. The minimum Gasteiger partial charge on any atom is -0.489 e. The summed E-state index contributed by atoms with van der Waals surface area (Å²) in [4.78, 5) is 16.5.